The van der Waals surface area contributed by atoms with E-state index in [1.165, 1.54) is 0 Å². The molecule has 3 rings (SSSR count). The zero-order valence-corrected chi connectivity index (χ0v) is 10.6. The Labute approximate surface area is 108 Å². The van der Waals surface area contributed by atoms with E-state index in [9.17, 15) is 0 Å². The molecule has 0 aliphatic rings. The van der Waals surface area contributed by atoms with Crippen molar-refractivity contribution in [1.29, 1.82) is 0 Å². The molecule has 3 heterocycles. The lowest BCUT2D eigenvalue weighted by Gasteiger charge is -2.00. The Morgan fingerprint density at radius 2 is 2.17 bits per heavy atom. The zero-order valence-electron chi connectivity index (χ0n) is 9.75. The molecule has 0 saturated carbocycles. The Bertz CT molecular complexity index is 673. The molecular formula is C13H11N3OS. The van der Waals surface area contributed by atoms with Crippen LogP contribution in [0.5, 0.6) is 0 Å². The summed E-state index contributed by atoms with van der Waals surface area (Å²) >= 11 is 1.63. The van der Waals surface area contributed by atoms with Gasteiger partial charge in [-0.2, -0.15) is 11.3 Å². The van der Waals surface area contributed by atoms with Gasteiger partial charge in [0.2, 0.25) is 0 Å². The van der Waals surface area contributed by atoms with Gasteiger partial charge in [0, 0.05) is 17.1 Å². The normalized spacial score (nSPS) is 10.7. The predicted molar refractivity (Wildman–Crippen MR) is 72.2 cm³/mol. The van der Waals surface area contributed by atoms with Crippen molar-refractivity contribution < 1.29 is 4.52 Å². The molecule has 0 fully saturated rings. The zero-order chi connectivity index (χ0) is 12.5. The van der Waals surface area contributed by atoms with Crippen molar-refractivity contribution in [3.8, 4) is 22.6 Å². The average molecular weight is 257 g/mol. The number of aryl methyl sites for hydroxylation is 1. The molecule has 0 bridgehead atoms. The van der Waals surface area contributed by atoms with Crippen molar-refractivity contribution in [3.05, 3.63) is 40.7 Å². The summed E-state index contributed by atoms with van der Waals surface area (Å²) in [7, 11) is 0. The van der Waals surface area contributed by atoms with Gasteiger partial charge in [0.05, 0.1) is 11.3 Å². The average Bonchev–Trinajstić information content (AvgIpc) is 2.96. The van der Waals surface area contributed by atoms with Gasteiger partial charge in [-0.1, -0.05) is 11.2 Å². The third-order valence-corrected chi connectivity index (χ3v) is 3.60. The van der Waals surface area contributed by atoms with Gasteiger partial charge >= 0.3 is 0 Å². The van der Waals surface area contributed by atoms with Gasteiger partial charge in [-0.3, -0.25) is 4.98 Å². The van der Waals surface area contributed by atoms with Crippen molar-refractivity contribution in [2.24, 2.45) is 0 Å². The summed E-state index contributed by atoms with van der Waals surface area (Å²) < 4.78 is 5.37. The van der Waals surface area contributed by atoms with Crippen molar-refractivity contribution in [3.63, 3.8) is 0 Å². The molecule has 3 aromatic rings. The molecule has 0 atom stereocenters. The summed E-state index contributed by atoms with van der Waals surface area (Å²) in [5.74, 6) is 1.05. The Morgan fingerprint density at radius 1 is 1.28 bits per heavy atom. The van der Waals surface area contributed by atoms with E-state index in [0.29, 0.717) is 11.6 Å². The number of nitrogens with two attached hydrogens (primary N) is 1. The molecule has 0 aliphatic heterocycles. The van der Waals surface area contributed by atoms with E-state index < -0.39 is 0 Å². The van der Waals surface area contributed by atoms with Crippen LogP contribution >= 0.6 is 11.3 Å². The van der Waals surface area contributed by atoms with Crippen LogP contribution in [0.15, 0.2) is 39.7 Å². The molecule has 90 valence electrons. The van der Waals surface area contributed by atoms with Gasteiger partial charge in [0.1, 0.15) is 0 Å². The highest BCUT2D eigenvalue weighted by atomic mass is 32.1. The maximum atomic E-state index is 5.89. The second-order valence-corrected chi connectivity index (χ2v) is 4.70. The van der Waals surface area contributed by atoms with Crippen LogP contribution in [0.3, 0.4) is 0 Å². The largest absolute Gasteiger partial charge is 0.380 e. The third-order valence-electron chi connectivity index (χ3n) is 2.74. The predicted octanol–water partition coefficient (Wildman–Crippen LogP) is 3.36. The Kier molecular flexibility index (Phi) is 2.60. The van der Waals surface area contributed by atoms with E-state index in [1.54, 1.807) is 17.5 Å². The summed E-state index contributed by atoms with van der Waals surface area (Å²) in [6.07, 6.45) is 1.73. The molecule has 0 radical (unpaired) electrons. The lowest BCUT2D eigenvalue weighted by atomic mass is 10.1. The monoisotopic (exact) mass is 257 g/mol. The van der Waals surface area contributed by atoms with Crippen LogP contribution in [-0.4, -0.2) is 10.1 Å². The van der Waals surface area contributed by atoms with E-state index in [-0.39, 0.29) is 0 Å². The van der Waals surface area contributed by atoms with Gasteiger partial charge < -0.3 is 10.3 Å². The van der Waals surface area contributed by atoms with Gasteiger partial charge in [0.15, 0.2) is 11.6 Å². The molecule has 0 amide bonds. The summed E-state index contributed by atoms with van der Waals surface area (Å²) in [6.45, 7) is 2.03. The van der Waals surface area contributed by atoms with E-state index in [1.807, 2.05) is 30.5 Å². The first-order chi connectivity index (χ1) is 8.77. The number of aromatic nitrogens is 2. The number of thiophene rings is 1. The van der Waals surface area contributed by atoms with E-state index >= 15 is 0 Å². The SMILES string of the molecule is Cc1cscc1-c1onc(N)c1-c1ccccn1. The van der Waals surface area contributed by atoms with Gasteiger partial charge in [0.25, 0.3) is 0 Å². The van der Waals surface area contributed by atoms with Gasteiger partial charge in [-0.15, -0.1) is 0 Å². The second kappa shape index (κ2) is 4.27. The molecule has 4 nitrogen and oxygen atoms in total. The standard InChI is InChI=1S/C13H11N3OS/c1-8-6-18-7-9(8)12-11(13(14)16-17-12)10-4-2-3-5-15-10/h2-7H,1H3,(H2,14,16). The molecule has 3 aromatic heterocycles. The first-order valence-corrected chi connectivity index (χ1v) is 6.41. The van der Waals surface area contributed by atoms with Crippen LogP contribution in [-0.2, 0) is 0 Å². The second-order valence-electron chi connectivity index (χ2n) is 3.96. The fraction of sp³-hybridized carbons (Fsp3) is 0.0769. The lowest BCUT2D eigenvalue weighted by Crippen LogP contribution is -1.90. The number of anilines is 1. The van der Waals surface area contributed by atoms with Crippen LogP contribution in [0.2, 0.25) is 0 Å². The lowest BCUT2D eigenvalue weighted by molar-refractivity contribution is 0.436. The summed E-state index contributed by atoms with van der Waals surface area (Å²) in [5, 5.41) is 7.95. The Morgan fingerprint density at radius 3 is 2.83 bits per heavy atom. The molecule has 18 heavy (non-hydrogen) atoms. The van der Waals surface area contributed by atoms with E-state index in [0.717, 1.165) is 22.4 Å². The molecule has 0 aliphatic carbocycles. The number of pyridine rings is 1. The first kappa shape index (κ1) is 11.0. The first-order valence-electron chi connectivity index (χ1n) is 5.47. The number of rotatable bonds is 2. The maximum Gasteiger partial charge on any atom is 0.179 e. The molecule has 5 heteroatoms. The van der Waals surface area contributed by atoms with Crippen molar-refractivity contribution in [1.82, 2.24) is 10.1 Å². The number of hydrogen-bond acceptors (Lipinski definition) is 5. The number of nitrogens with zero attached hydrogens (tertiary/aromatic N) is 2. The quantitative estimate of drug-likeness (QED) is 0.764. The molecule has 0 unspecified atom stereocenters. The number of hydrogen-bond donors (Lipinski definition) is 1. The van der Waals surface area contributed by atoms with E-state index in [4.69, 9.17) is 10.3 Å². The van der Waals surface area contributed by atoms with Crippen molar-refractivity contribution in [2.75, 3.05) is 5.73 Å². The summed E-state index contributed by atoms with van der Waals surface area (Å²) in [5.41, 5.74) is 9.59. The minimum atomic E-state index is 0.370. The van der Waals surface area contributed by atoms with Gasteiger partial charge in [-0.25, -0.2) is 0 Å². The topological polar surface area (TPSA) is 64.9 Å². The van der Waals surface area contributed by atoms with Crippen LogP contribution in [0.1, 0.15) is 5.56 Å². The molecule has 0 spiro atoms. The Hall–Kier alpha value is -2.14. The summed E-state index contributed by atoms with van der Waals surface area (Å²) in [6, 6.07) is 5.68. The highest BCUT2D eigenvalue weighted by Crippen LogP contribution is 2.37. The third kappa shape index (κ3) is 1.69. The van der Waals surface area contributed by atoms with Crippen molar-refractivity contribution in [2.45, 2.75) is 6.92 Å². The smallest absolute Gasteiger partial charge is 0.179 e. The maximum absolute atomic E-state index is 5.89. The molecule has 2 N–H and O–H groups in total. The van der Waals surface area contributed by atoms with Crippen LogP contribution in [0.4, 0.5) is 5.82 Å². The minimum absolute atomic E-state index is 0.370. The molecule has 0 aromatic carbocycles. The fourth-order valence-corrected chi connectivity index (χ4v) is 2.67. The highest BCUT2D eigenvalue weighted by Gasteiger charge is 2.20. The van der Waals surface area contributed by atoms with E-state index in [2.05, 4.69) is 15.5 Å². The van der Waals surface area contributed by atoms with Gasteiger partial charge in [-0.05, 0) is 30.0 Å². The Balaban J connectivity index is 2.22. The van der Waals surface area contributed by atoms with Crippen molar-refractivity contribution >= 4 is 17.2 Å². The van der Waals surface area contributed by atoms with Crippen LogP contribution in [0, 0.1) is 6.92 Å². The highest BCUT2D eigenvalue weighted by molar-refractivity contribution is 7.08. The minimum Gasteiger partial charge on any atom is -0.380 e. The fourth-order valence-electron chi connectivity index (χ4n) is 1.84. The van der Waals surface area contributed by atoms with Crippen LogP contribution < -0.4 is 5.73 Å². The molecule has 0 saturated heterocycles. The van der Waals surface area contributed by atoms with Crippen LogP contribution in [0.25, 0.3) is 22.6 Å². The summed E-state index contributed by atoms with van der Waals surface area (Å²) in [4.78, 5) is 4.31. The molecular weight excluding hydrogens is 246 g/mol. The number of nitrogen functional groups attached to an aromatic ring is 1.